The molecule has 2 heterocycles. The van der Waals surface area contributed by atoms with Gasteiger partial charge in [0.15, 0.2) is 0 Å². The van der Waals surface area contributed by atoms with Crippen LogP contribution in [0.4, 0.5) is 10.1 Å². The Bertz CT molecular complexity index is 1520. The second-order valence-electron chi connectivity index (χ2n) is 11.7. The van der Waals surface area contributed by atoms with E-state index in [9.17, 15) is 19.2 Å². The number of aromatic nitrogens is 2. The lowest BCUT2D eigenvalue weighted by Gasteiger charge is -2.36. The summed E-state index contributed by atoms with van der Waals surface area (Å²) in [6.07, 6.45) is 1.72. The molecule has 1 fully saturated rings. The first kappa shape index (κ1) is 34.3. The van der Waals surface area contributed by atoms with Crippen LogP contribution in [0.15, 0.2) is 60.8 Å². The van der Waals surface area contributed by atoms with Crippen LogP contribution < -0.4 is 16.0 Å². The van der Waals surface area contributed by atoms with Gasteiger partial charge in [-0.25, -0.2) is 4.39 Å². The highest BCUT2D eigenvalue weighted by atomic mass is 19.1. The van der Waals surface area contributed by atoms with Crippen LogP contribution >= 0.6 is 0 Å². The van der Waals surface area contributed by atoms with Gasteiger partial charge in [0.25, 0.3) is 5.91 Å². The molecule has 1 saturated heterocycles. The molecule has 2 aromatic carbocycles. The Morgan fingerprint density at radius 2 is 1.54 bits per heavy atom. The maximum atomic E-state index is 15.6. The van der Waals surface area contributed by atoms with Gasteiger partial charge in [-0.1, -0.05) is 57.2 Å². The molecule has 0 saturated carbocycles. The van der Waals surface area contributed by atoms with E-state index in [2.05, 4.69) is 25.9 Å². The third kappa shape index (κ3) is 8.16. The Kier molecular flexibility index (Phi) is 11.6. The van der Waals surface area contributed by atoms with E-state index in [1.807, 2.05) is 51.2 Å². The first-order valence-corrected chi connectivity index (χ1v) is 15.8. The Labute approximate surface area is 269 Å². The topological polar surface area (TPSA) is 129 Å². The van der Waals surface area contributed by atoms with Crippen molar-refractivity contribution in [2.75, 3.05) is 38.5 Å². The summed E-state index contributed by atoms with van der Waals surface area (Å²) in [5, 5.41) is 12.5. The van der Waals surface area contributed by atoms with E-state index < -0.39 is 41.6 Å². The number of rotatable bonds is 12. The number of amides is 4. The number of likely N-dealkylation sites (N-methyl/N-ethyl adjacent to an activating group) is 1. The smallest absolute Gasteiger partial charge is 0.270 e. The lowest BCUT2D eigenvalue weighted by atomic mass is 9.91. The molecule has 46 heavy (non-hydrogen) atoms. The number of halogens is 1. The number of hydrogen-bond acceptors (Lipinski definition) is 6. The van der Waals surface area contributed by atoms with Crippen LogP contribution in [0.3, 0.4) is 0 Å². The fraction of sp³-hybridized carbons (Fsp3) is 0.441. The van der Waals surface area contributed by atoms with Crippen molar-refractivity contribution in [3.63, 3.8) is 0 Å². The van der Waals surface area contributed by atoms with Gasteiger partial charge in [0.05, 0.1) is 5.69 Å². The first-order valence-electron chi connectivity index (χ1n) is 15.8. The minimum atomic E-state index is -1.04. The number of carbonyl (C=O) groups is 4. The van der Waals surface area contributed by atoms with Crippen LogP contribution in [0.25, 0.3) is 0 Å². The monoisotopic (exact) mass is 633 g/mol. The molecule has 0 spiro atoms. The number of hydrogen-bond donors (Lipinski definition) is 3. The zero-order chi connectivity index (χ0) is 33.4. The molecule has 4 atom stereocenters. The van der Waals surface area contributed by atoms with Gasteiger partial charge in [0.2, 0.25) is 17.7 Å². The number of nitrogens with one attached hydrogen (secondary N) is 3. The summed E-state index contributed by atoms with van der Waals surface area (Å²) in [6, 6.07) is 13.3. The molecule has 1 aliphatic rings. The fourth-order valence-electron chi connectivity index (χ4n) is 5.58. The van der Waals surface area contributed by atoms with E-state index in [0.717, 1.165) is 18.7 Å². The lowest BCUT2D eigenvalue weighted by molar-refractivity contribution is -0.138. The van der Waals surface area contributed by atoms with E-state index in [1.54, 1.807) is 30.9 Å². The van der Waals surface area contributed by atoms with Crippen molar-refractivity contribution in [3.05, 3.63) is 83.4 Å². The number of benzene rings is 2. The van der Waals surface area contributed by atoms with Crippen molar-refractivity contribution in [2.45, 2.75) is 64.6 Å². The molecule has 246 valence electrons. The molecular weight excluding hydrogens is 589 g/mol. The molecule has 12 heteroatoms. The summed E-state index contributed by atoms with van der Waals surface area (Å²) in [5.41, 5.74) is 1.55. The van der Waals surface area contributed by atoms with Crippen LogP contribution in [0.1, 0.15) is 67.6 Å². The summed E-state index contributed by atoms with van der Waals surface area (Å²) in [7, 11) is 1.99. The predicted octanol–water partition coefficient (Wildman–Crippen LogP) is 3.36. The quantitative estimate of drug-likeness (QED) is 0.281. The van der Waals surface area contributed by atoms with Crippen LogP contribution in [0, 0.1) is 5.82 Å². The van der Waals surface area contributed by atoms with E-state index >= 15 is 4.39 Å². The molecule has 3 aromatic rings. The zero-order valence-electron chi connectivity index (χ0n) is 27.1. The molecule has 4 amide bonds. The van der Waals surface area contributed by atoms with Gasteiger partial charge in [0.1, 0.15) is 23.6 Å². The van der Waals surface area contributed by atoms with Crippen LogP contribution in [-0.2, 0) is 20.9 Å². The van der Waals surface area contributed by atoms with Gasteiger partial charge in [-0.15, -0.1) is 0 Å². The molecule has 0 aliphatic carbocycles. The van der Waals surface area contributed by atoms with E-state index in [1.165, 1.54) is 23.0 Å². The van der Waals surface area contributed by atoms with Crippen molar-refractivity contribution < 1.29 is 23.6 Å². The zero-order valence-corrected chi connectivity index (χ0v) is 27.1. The summed E-state index contributed by atoms with van der Waals surface area (Å²) in [4.78, 5) is 56.7. The third-order valence-electron chi connectivity index (χ3n) is 8.64. The van der Waals surface area contributed by atoms with Crippen molar-refractivity contribution in [3.8, 4) is 0 Å². The van der Waals surface area contributed by atoms with Crippen LogP contribution in [0.5, 0.6) is 0 Å². The average Bonchev–Trinajstić information content (AvgIpc) is 3.56. The van der Waals surface area contributed by atoms with Gasteiger partial charge < -0.3 is 25.8 Å². The Balaban J connectivity index is 1.55. The van der Waals surface area contributed by atoms with Crippen molar-refractivity contribution >= 4 is 29.3 Å². The second kappa shape index (κ2) is 15.6. The minimum Gasteiger partial charge on any atom is -0.344 e. The summed E-state index contributed by atoms with van der Waals surface area (Å²) < 4.78 is 17.2. The third-order valence-corrected chi connectivity index (χ3v) is 8.64. The van der Waals surface area contributed by atoms with E-state index in [0.29, 0.717) is 30.9 Å². The van der Waals surface area contributed by atoms with E-state index in [4.69, 9.17) is 0 Å². The maximum Gasteiger partial charge on any atom is 0.270 e. The summed E-state index contributed by atoms with van der Waals surface area (Å²) >= 11 is 0. The molecule has 1 aliphatic heterocycles. The highest BCUT2D eigenvalue weighted by Gasteiger charge is 2.34. The number of piperazine rings is 1. The molecule has 3 N–H and O–H groups in total. The van der Waals surface area contributed by atoms with Gasteiger partial charge in [-0.3, -0.25) is 23.9 Å². The predicted molar refractivity (Wildman–Crippen MR) is 174 cm³/mol. The molecule has 0 bridgehead atoms. The summed E-state index contributed by atoms with van der Waals surface area (Å²) in [5.74, 6) is -3.25. The Morgan fingerprint density at radius 1 is 0.870 bits per heavy atom. The second-order valence-corrected chi connectivity index (χ2v) is 11.7. The lowest BCUT2D eigenvalue weighted by Crippen LogP contribution is -2.55. The molecule has 1 aromatic heterocycles. The van der Waals surface area contributed by atoms with E-state index in [-0.39, 0.29) is 23.9 Å². The number of carbonyl (C=O) groups excluding carboxylic acids is 4. The van der Waals surface area contributed by atoms with Gasteiger partial charge in [0, 0.05) is 57.2 Å². The SMILES string of the molecule is CCC(=O)N[C@@H](C(=O)N1CCN(C)CC1)[C@@H](C)c1ccc(NC(=O)[C@@H](NC(=O)c2ccnn2CC)[C@@H](C)c2ccccc2)c(F)c1. The normalized spacial score (nSPS) is 16.2. The highest BCUT2D eigenvalue weighted by molar-refractivity contribution is 6.01. The fourth-order valence-corrected chi connectivity index (χ4v) is 5.58. The Hall–Kier alpha value is -4.58. The Morgan fingerprint density at radius 3 is 2.17 bits per heavy atom. The molecule has 0 unspecified atom stereocenters. The standard InChI is InChI=1S/C34H44FN7O4/c1-6-29(43)38-31(34(46)41-19-17-40(5)18-20-41)23(4)25-13-14-27(26(35)21-25)37-33(45)30(22(3)24-11-9-8-10-12-24)39-32(44)28-15-16-36-42(28)7-2/h8-16,21-23,30-31H,6-7,17-20H2,1-5H3,(H,37,45)(H,38,43)(H,39,44)/t22-,23-,30-,31+/m0/s1. The largest absolute Gasteiger partial charge is 0.344 e. The van der Waals surface area contributed by atoms with Crippen molar-refractivity contribution in [1.29, 1.82) is 0 Å². The molecular formula is C34H44FN7O4. The first-order chi connectivity index (χ1) is 22.0. The summed E-state index contributed by atoms with van der Waals surface area (Å²) in [6.45, 7) is 10.2. The molecule has 11 nitrogen and oxygen atoms in total. The van der Waals surface area contributed by atoms with Crippen LogP contribution in [-0.4, -0.2) is 88.5 Å². The van der Waals surface area contributed by atoms with Gasteiger partial charge >= 0.3 is 0 Å². The van der Waals surface area contributed by atoms with Gasteiger partial charge in [-0.2, -0.15) is 5.10 Å². The van der Waals surface area contributed by atoms with Gasteiger partial charge in [-0.05, 0) is 43.3 Å². The van der Waals surface area contributed by atoms with Crippen molar-refractivity contribution in [1.82, 2.24) is 30.2 Å². The average molecular weight is 634 g/mol. The number of nitrogens with zero attached hydrogens (tertiary/aromatic N) is 4. The number of aryl methyl sites for hydroxylation is 1. The maximum absolute atomic E-state index is 15.6. The highest BCUT2D eigenvalue weighted by Crippen LogP contribution is 2.27. The number of anilines is 1. The van der Waals surface area contributed by atoms with Crippen molar-refractivity contribution in [2.24, 2.45) is 0 Å². The molecule has 0 radical (unpaired) electrons. The molecule has 4 rings (SSSR count). The minimum absolute atomic E-state index is 0.0707. The van der Waals surface area contributed by atoms with Crippen LogP contribution in [0.2, 0.25) is 0 Å².